The largest absolute Gasteiger partial charge is 0.348 e. The van der Waals surface area contributed by atoms with E-state index in [9.17, 15) is 14.4 Å². The molecule has 2 amide bonds. The van der Waals surface area contributed by atoms with Crippen molar-refractivity contribution in [3.05, 3.63) is 34.2 Å². The van der Waals surface area contributed by atoms with E-state index in [1.54, 1.807) is 7.05 Å². The van der Waals surface area contributed by atoms with Crippen LogP contribution in [-0.4, -0.2) is 27.6 Å². The Kier molecular flexibility index (Phi) is 8.46. The molecule has 2 N–H and O–H groups in total. The van der Waals surface area contributed by atoms with Crippen molar-refractivity contribution in [1.82, 2.24) is 9.24 Å². The minimum absolute atomic E-state index is 0. The number of piperidine rings is 1. The first-order chi connectivity index (χ1) is 13.5. The van der Waals surface area contributed by atoms with Crippen LogP contribution in [0.1, 0.15) is 63.4 Å². The number of amides is 2. The van der Waals surface area contributed by atoms with Gasteiger partial charge in [-0.3, -0.25) is 14.2 Å². The molecule has 0 atom stereocenters. The summed E-state index contributed by atoms with van der Waals surface area (Å²) in [6.07, 6.45) is 9.11. The number of aryl methyl sites for hydroxylation is 2. The van der Waals surface area contributed by atoms with Crippen LogP contribution in [0.15, 0.2) is 23.0 Å². The van der Waals surface area contributed by atoms with Crippen LogP contribution in [0.25, 0.3) is 11.0 Å². The fraction of sp³-hybridized carbons (Fsp3) is 0.571. The van der Waals surface area contributed by atoms with Crippen LogP contribution >= 0.6 is 12.4 Å². The van der Waals surface area contributed by atoms with Gasteiger partial charge in [-0.25, -0.2) is 4.79 Å². The normalized spacial score (nSPS) is 14.5. The van der Waals surface area contributed by atoms with Gasteiger partial charge >= 0.3 is 5.69 Å². The van der Waals surface area contributed by atoms with Gasteiger partial charge in [-0.15, -0.1) is 12.4 Å². The summed E-state index contributed by atoms with van der Waals surface area (Å²) in [5.41, 5.74) is 7.66. The second kappa shape index (κ2) is 10.6. The average Bonchev–Trinajstić information content (AvgIpc) is 2.92. The van der Waals surface area contributed by atoms with E-state index in [1.807, 2.05) is 18.2 Å². The molecule has 0 spiro atoms. The van der Waals surface area contributed by atoms with Crippen LogP contribution in [0.2, 0.25) is 0 Å². The molecule has 0 radical (unpaired) electrons. The quantitative estimate of drug-likeness (QED) is 0.497. The van der Waals surface area contributed by atoms with Crippen LogP contribution in [0, 0.1) is 0 Å². The van der Waals surface area contributed by atoms with E-state index in [2.05, 4.69) is 0 Å². The van der Waals surface area contributed by atoms with E-state index in [-0.39, 0.29) is 42.8 Å². The number of nitrogens with two attached hydrogens (primary N) is 1. The highest BCUT2D eigenvalue weighted by atomic mass is 35.5. The summed E-state index contributed by atoms with van der Waals surface area (Å²) in [6, 6.07) is 5.84. The highest BCUT2D eigenvalue weighted by Gasteiger charge is 2.31. The van der Waals surface area contributed by atoms with Gasteiger partial charge in [-0.2, -0.15) is 9.69 Å². The molecule has 1 aromatic carbocycles. The Labute approximate surface area is 177 Å². The maximum absolute atomic E-state index is 12.7. The number of imidazole rings is 1. The Morgan fingerprint density at radius 3 is 2.17 bits per heavy atom. The number of imide groups is 1. The van der Waals surface area contributed by atoms with E-state index in [4.69, 9.17) is 5.73 Å². The number of unbranched alkanes of at least 4 members (excludes halogenated alkanes) is 5. The fourth-order valence-electron chi connectivity index (χ4n) is 3.86. The second-order valence-corrected chi connectivity index (χ2v) is 7.59. The van der Waals surface area contributed by atoms with Crippen molar-refractivity contribution in [2.75, 3.05) is 11.6 Å². The van der Waals surface area contributed by atoms with Gasteiger partial charge in [0.25, 0.3) is 0 Å². The van der Waals surface area contributed by atoms with Gasteiger partial charge in [-0.05, 0) is 49.9 Å². The predicted molar refractivity (Wildman–Crippen MR) is 117 cm³/mol. The average molecular weight is 423 g/mol. The molecule has 0 bridgehead atoms. The van der Waals surface area contributed by atoms with Crippen LogP contribution < -0.4 is 16.4 Å². The summed E-state index contributed by atoms with van der Waals surface area (Å²) in [7, 11) is 1.68. The first-order valence-electron chi connectivity index (χ1n) is 10.3. The predicted octanol–water partition coefficient (Wildman–Crippen LogP) is 2.78. The lowest BCUT2D eigenvalue weighted by Crippen LogP contribution is -2.52. The molecule has 0 unspecified atom stereocenters. The molecule has 29 heavy (non-hydrogen) atoms. The van der Waals surface area contributed by atoms with Crippen molar-refractivity contribution in [3.63, 3.8) is 0 Å². The monoisotopic (exact) mass is 422 g/mol. The first kappa shape index (κ1) is 23.2. The standard InChI is InChI=1S/C21H30N4O3.ClH/c1-23-18-15-16(9-6-4-2-3-5-7-14-22)12-13-17(18)24(21(23)28)25-19(26)10-8-11-20(25)27;/h12-13,15H,2-11,14,22H2,1H3;1H. The molecule has 3 rings (SSSR count). The topological polar surface area (TPSA) is 90.3 Å². The fourth-order valence-corrected chi connectivity index (χ4v) is 3.86. The number of carbonyl (C=O) groups is 2. The zero-order chi connectivity index (χ0) is 20.1. The number of nitrogens with zero attached hydrogens (tertiary/aromatic N) is 3. The Hall–Kier alpha value is -2.12. The van der Waals surface area contributed by atoms with Crippen molar-refractivity contribution >= 4 is 35.3 Å². The van der Waals surface area contributed by atoms with E-state index < -0.39 is 0 Å². The van der Waals surface area contributed by atoms with Crippen LogP contribution in [0.5, 0.6) is 0 Å². The van der Waals surface area contributed by atoms with E-state index in [0.29, 0.717) is 11.9 Å². The summed E-state index contributed by atoms with van der Waals surface area (Å²) in [4.78, 5) is 37.3. The molecule has 2 heterocycles. The van der Waals surface area contributed by atoms with Crippen molar-refractivity contribution < 1.29 is 9.59 Å². The highest BCUT2D eigenvalue weighted by molar-refractivity contribution is 6.10. The van der Waals surface area contributed by atoms with Crippen molar-refractivity contribution in [1.29, 1.82) is 0 Å². The number of rotatable bonds is 9. The molecular formula is C21H31ClN4O3. The Morgan fingerprint density at radius 2 is 1.52 bits per heavy atom. The molecule has 2 aromatic rings. The molecule has 7 nitrogen and oxygen atoms in total. The summed E-state index contributed by atoms with van der Waals surface area (Å²) >= 11 is 0. The lowest BCUT2D eigenvalue weighted by atomic mass is 10.0. The summed E-state index contributed by atoms with van der Waals surface area (Å²) in [6.45, 7) is 0.771. The molecular weight excluding hydrogens is 392 g/mol. The van der Waals surface area contributed by atoms with Crippen LogP contribution in [0.3, 0.4) is 0 Å². The van der Waals surface area contributed by atoms with Gasteiger partial charge in [-0.1, -0.05) is 31.7 Å². The maximum Gasteiger partial charge on any atom is 0.348 e. The third-order valence-corrected chi connectivity index (χ3v) is 5.47. The van der Waals surface area contributed by atoms with Gasteiger partial charge in [0.05, 0.1) is 11.0 Å². The van der Waals surface area contributed by atoms with Gasteiger partial charge in [0.2, 0.25) is 11.8 Å². The van der Waals surface area contributed by atoms with Crippen molar-refractivity contribution in [2.24, 2.45) is 12.8 Å². The zero-order valence-electron chi connectivity index (χ0n) is 17.1. The smallest absolute Gasteiger partial charge is 0.330 e. The van der Waals surface area contributed by atoms with Crippen LogP contribution in [0.4, 0.5) is 0 Å². The molecule has 1 aliphatic rings. The minimum Gasteiger partial charge on any atom is -0.330 e. The molecule has 1 fully saturated rings. The van der Waals surface area contributed by atoms with Gasteiger partial charge in [0, 0.05) is 19.9 Å². The second-order valence-electron chi connectivity index (χ2n) is 7.59. The van der Waals surface area contributed by atoms with Gasteiger partial charge < -0.3 is 5.73 Å². The highest BCUT2D eigenvalue weighted by Crippen LogP contribution is 2.20. The summed E-state index contributed by atoms with van der Waals surface area (Å²) < 4.78 is 2.75. The van der Waals surface area contributed by atoms with E-state index >= 15 is 0 Å². The number of benzene rings is 1. The number of carbonyl (C=O) groups excluding carboxylic acids is 2. The molecule has 1 aromatic heterocycles. The summed E-state index contributed by atoms with van der Waals surface area (Å²) in [5, 5.41) is 1.02. The molecule has 8 heteroatoms. The third kappa shape index (κ3) is 5.08. The number of hydrogen-bond acceptors (Lipinski definition) is 4. The minimum atomic E-state index is -0.365. The third-order valence-electron chi connectivity index (χ3n) is 5.47. The number of aromatic nitrogens is 2. The molecule has 160 valence electrons. The van der Waals surface area contributed by atoms with Crippen molar-refractivity contribution in [3.8, 4) is 0 Å². The molecule has 1 saturated heterocycles. The van der Waals surface area contributed by atoms with Gasteiger partial charge in [0.1, 0.15) is 0 Å². The lowest BCUT2D eigenvalue weighted by Gasteiger charge is -2.25. The Balaban J connectivity index is 0.00000300. The summed E-state index contributed by atoms with van der Waals surface area (Å²) in [5.74, 6) is -0.630. The van der Waals surface area contributed by atoms with Gasteiger partial charge in [0.15, 0.2) is 0 Å². The van der Waals surface area contributed by atoms with E-state index in [0.717, 1.165) is 36.3 Å². The molecule has 1 aliphatic heterocycles. The zero-order valence-corrected chi connectivity index (χ0v) is 17.9. The maximum atomic E-state index is 12.7. The number of halogens is 1. The SMILES string of the molecule is Cl.Cn1c(=O)n(N2C(=O)CCCC2=O)c2ccc(CCCCCCCCN)cc21. The lowest BCUT2D eigenvalue weighted by molar-refractivity contribution is -0.131. The number of hydrogen-bond donors (Lipinski definition) is 1. The Morgan fingerprint density at radius 1 is 0.897 bits per heavy atom. The van der Waals surface area contributed by atoms with E-state index in [1.165, 1.54) is 40.5 Å². The molecule has 0 aliphatic carbocycles. The van der Waals surface area contributed by atoms with Crippen molar-refractivity contribution in [2.45, 2.75) is 64.2 Å². The molecule has 0 saturated carbocycles. The number of fused-ring (bicyclic) bond motifs is 1. The van der Waals surface area contributed by atoms with Crippen LogP contribution in [-0.2, 0) is 23.1 Å². The first-order valence-corrected chi connectivity index (χ1v) is 10.3. The Bertz CT molecular complexity index is 903.